The van der Waals surface area contributed by atoms with Crippen LogP contribution in [-0.2, 0) is 78.4 Å². The predicted molar refractivity (Wildman–Crippen MR) is 67.1 cm³/mol. The minimum absolute atomic E-state index is 0. The molecule has 0 aliphatic carbocycles. The van der Waals surface area contributed by atoms with E-state index in [-0.39, 0.29) is 51.3 Å². The van der Waals surface area contributed by atoms with E-state index in [4.69, 9.17) is 24.8 Å². The first kappa shape index (κ1) is 38.3. The van der Waals surface area contributed by atoms with Gasteiger partial charge in [-0.15, -0.1) is 0 Å². The zero-order valence-electron chi connectivity index (χ0n) is 11.6. The van der Waals surface area contributed by atoms with E-state index in [2.05, 4.69) is 36.6 Å². The van der Waals surface area contributed by atoms with Crippen LogP contribution < -0.4 is 0 Å². The maximum atomic E-state index is 10.9. The summed E-state index contributed by atoms with van der Waals surface area (Å²) in [5.41, 5.74) is 6.98. The number of carbonyl (C=O) groups is 3. The van der Waals surface area contributed by atoms with Gasteiger partial charge in [0, 0.05) is 44.9 Å². The van der Waals surface area contributed by atoms with Crippen LogP contribution in [0.15, 0.2) is 12.2 Å². The molecular weight excluding hydrogens is 496 g/mol. The standard InChI is InChI=1S/C9H11NO4.3CO.ClH.Ru.Y/c1-6(11)2-3-7(12)4-5-8(10)9(13)14;3*1-2;;;/h2-3,8,10H,1,4-5H2,(H,13,14);;;;1H;;/q-2;;;;;+2;/p-1/b3-2+;;;;;;. The number of allylic oxidation sites excluding steroid dienone is 2. The van der Waals surface area contributed by atoms with Crippen LogP contribution in [0.2, 0.25) is 0 Å². The van der Waals surface area contributed by atoms with Gasteiger partial charge in [0.1, 0.15) is 5.78 Å². The summed E-state index contributed by atoms with van der Waals surface area (Å²) in [6.07, 6.45) is 1.96. The molecule has 2 N–H and O–H groups in total. The average molecular weight is 507 g/mol. The van der Waals surface area contributed by atoms with Gasteiger partial charge < -0.3 is 15.6 Å². The molecule has 125 valence electrons. The van der Waals surface area contributed by atoms with Gasteiger partial charge in [-0.25, -0.2) is 0 Å². The molecule has 0 aromatic rings. The summed E-state index contributed by atoms with van der Waals surface area (Å²) in [4.78, 5) is 31.4. The molecule has 1 unspecified atom stereocenters. The molecule has 0 aromatic heterocycles. The molecule has 1 atom stereocenters. The zero-order chi connectivity index (χ0) is 19.1. The molecule has 0 spiro atoms. The van der Waals surface area contributed by atoms with E-state index in [1.54, 1.807) is 0 Å². The molecule has 23 heavy (non-hydrogen) atoms. The van der Waals surface area contributed by atoms with Crippen LogP contribution in [0, 0.1) is 26.9 Å². The predicted octanol–water partition coefficient (Wildman–Crippen LogP) is 1.37. The Morgan fingerprint density at radius 1 is 1.13 bits per heavy atom. The molecule has 0 heterocycles. The van der Waals surface area contributed by atoms with Gasteiger partial charge in [0.2, 0.25) is 0 Å². The van der Waals surface area contributed by atoms with Gasteiger partial charge in [-0.3, -0.25) is 9.59 Å². The van der Waals surface area contributed by atoms with E-state index in [0.717, 1.165) is 12.2 Å². The van der Waals surface area contributed by atoms with Crippen molar-refractivity contribution in [1.29, 1.82) is 0 Å². The quantitative estimate of drug-likeness (QED) is 0.250. The number of hydrogen-bond donors (Lipinski definition) is 1. The number of aliphatic carboxylic acids is 1. The second kappa shape index (κ2) is 37.7. The largest absolute Gasteiger partial charge is 0 e. The van der Waals surface area contributed by atoms with Crippen molar-refractivity contribution in [3.8, 4) is 0 Å². The van der Waals surface area contributed by atoms with Crippen LogP contribution >= 0.6 is 9.69 Å². The smallest absolute Gasteiger partial charge is 0 e. The molecule has 0 amide bonds. The van der Waals surface area contributed by atoms with Crippen LogP contribution in [-0.4, -0.2) is 28.7 Å². The maximum absolute atomic E-state index is 10.9. The van der Waals surface area contributed by atoms with Gasteiger partial charge in [-0.1, -0.05) is 12.5 Å². The van der Waals surface area contributed by atoms with Crippen LogP contribution in [0.25, 0.3) is 5.73 Å². The summed E-state index contributed by atoms with van der Waals surface area (Å²) < 4.78 is 22.5. The monoisotopic (exact) mass is 507 g/mol. The third kappa shape index (κ3) is 44.9. The summed E-state index contributed by atoms with van der Waals surface area (Å²) in [6, 6.07) is -1.29. The third-order valence-corrected chi connectivity index (χ3v) is 1.43. The van der Waals surface area contributed by atoms with Crippen molar-refractivity contribution < 1.29 is 83.5 Å². The van der Waals surface area contributed by atoms with Gasteiger partial charge in [-0.05, 0) is 6.04 Å². The fraction of sp³-hybridized carbons (Fsp3) is 0.250. The number of ketones is 2. The van der Waals surface area contributed by atoms with E-state index >= 15 is 0 Å². The Hall–Kier alpha value is -0.383. The summed E-state index contributed by atoms with van der Waals surface area (Å²) in [5.74, 6) is -2.12. The Morgan fingerprint density at radius 3 is 1.74 bits per heavy atom. The SMILES string of the molecule is [C-]#[O+].[C-]#[O+].[C-]#[O+].[CH2-]C(=O)/C=C/C(=O)CCC([NH-])C(=O)O.[Cl][Ru+].[Y]. The zero-order valence-corrected chi connectivity index (χ0v) is 16.9. The van der Waals surface area contributed by atoms with Gasteiger partial charge >= 0.3 is 60.9 Å². The fourth-order valence-corrected chi connectivity index (χ4v) is 0.679. The molecule has 0 saturated carbocycles. The summed E-state index contributed by atoms with van der Waals surface area (Å²) in [6.45, 7) is 16.5. The summed E-state index contributed by atoms with van der Waals surface area (Å²) in [7, 11) is 4.57. The number of carboxylic acid groups (broad SMARTS) is 1. The average Bonchev–Trinajstić information content (AvgIpc) is 2.57. The third-order valence-electron chi connectivity index (χ3n) is 1.43. The number of carboxylic acids is 1. The first-order valence-electron chi connectivity index (χ1n) is 4.69. The molecule has 0 fully saturated rings. The van der Waals surface area contributed by atoms with Gasteiger partial charge in [0.25, 0.3) is 5.97 Å². The molecule has 0 saturated heterocycles. The summed E-state index contributed by atoms with van der Waals surface area (Å²) >= 11 is 1.82. The van der Waals surface area contributed by atoms with Crippen molar-refractivity contribution in [1.82, 2.24) is 0 Å². The van der Waals surface area contributed by atoms with Gasteiger partial charge in [0.15, 0.2) is 0 Å². The van der Waals surface area contributed by atoms with E-state index in [0.29, 0.717) is 0 Å². The molecule has 0 aromatic carbocycles. The molecule has 11 heteroatoms. The number of hydrogen-bond acceptors (Lipinski definition) is 3. The Balaban J connectivity index is -0.0000000695. The van der Waals surface area contributed by atoms with Crippen molar-refractivity contribution >= 4 is 27.2 Å². The Bertz CT molecular complexity index is 382. The molecular formula is C12H11ClNO7RuY-. The topological polar surface area (TPSA) is 155 Å². The first-order chi connectivity index (χ1) is 10.4. The fourth-order valence-electron chi connectivity index (χ4n) is 0.679. The van der Waals surface area contributed by atoms with Crippen molar-refractivity contribution in [2.24, 2.45) is 0 Å². The minimum Gasteiger partial charge on any atom is 0 e. The van der Waals surface area contributed by atoms with E-state index in [1.165, 1.54) is 0 Å². The van der Waals surface area contributed by atoms with E-state index < -0.39 is 17.8 Å². The molecule has 0 bridgehead atoms. The van der Waals surface area contributed by atoms with Crippen LogP contribution in [0.5, 0.6) is 0 Å². The van der Waals surface area contributed by atoms with E-state index in [9.17, 15) is 14.4 Å². The number of nitrogens with one attached hydrogen (secondary N) is 1. The second-order valence-electron chi connectivity index (χ2n) is 2.70. The molecule has 0 aliphatic heterocycles. The van der Waals surface area contributed by atoms with Crippen molar-refractivity contribution in [2.75, 3.05) is 0 Å². The maximum Gasteiger partial charge on any atom is 0 e. The molecule has 0 rings (SSSR count). The minimum atomic E-state index is -1.29. The second-order valence-corrected chi connectivity index (χ2v) is 2.70. The van der Waals surface area contributed by atoms with E-state index in [1.807, 2.05) is 17.3 Å². The number of carbonyl (C=O) groups excluding carboxylic acids is 2. The Kier molecular flexibility index (Phi) is 62.7. The van der Waals surface area contributed by atoms with Crippen molar-refractivity contribution in [3.05, 3.63) is 44.8 Å². The molecule has 8 nitrogen and oxygen atoms in total. The van der Waals surface area contributed by atoms with Crippen molar-refractivity contribution in [2.45, 2.75) is 18.9 Å². The van der Waals surface area contributed by atoms with Crippen LogP contribution in [0.4, 0.5) is 0 Å². The van der Waals surface area contributed by atoms with Crippen LogP contribution in [0.3, 0.4) is 0 Å². The molecule has 0 aliphatic rings. The number of halogens is 1. The summed E-state index contributed by atoms with van der Waals surface area (Å²) in [5, 5.41) is 8.33. The van der Waals surface area contributed by atoms with Crippen molar-refractivity contribution in [3.63, 3.8) is 0 Å². The first-order valence-corrected chi connectivity index (χ1v) is 6.92. The molecule has 1 radical (unpaired) electrons. The normalized spacial score (nSPS) is 8.22. The van der Waals surface area contributed by atoms with Gasteiger partial charge in [-0.2, -0.15) is 13.0 Å². The Morgan fingerprint density at radius 2 is 1.48 bits per heavy atom. The Labute approximate surface area is 173 Å². The number of rotatable bonds is 6. The van der Waals surface area contributed by atoms with Crippen LogP contribution in [0.1, 0.15) is 12.8 Å². The van der Waals surface area contributed by atoms with Gasteiger partial charge in [0.05, 0.1) is 0 Å².